The number of benzene rings is 1. The summed E-state index contributed by atoms with van der Waals surface area (Å²) in [5.74, 6) is -0.356. The lowest BCUT2D eigenvalue weighted by Crippen LogP contribution is -2.54. The number of hydrogen-bond donors (Lipinski definition) is 2. The van der Waals surface area contributed by atoms with Crippen LogP contribution >= 0.6 is 0 Å². The van der Waals surface area contributed by atoms with Crippen molar-refractivity contribution in [2.45, 2.75) is 19.0 Å². The minimum absolute atomic E-state index is 0.00120. The zero-order chi connectivity index (χ0) is 13.8. The van der Waals surface area contributed by atoms with Crippen molar-refractivity contribution < 1.29 is 9.53 Å². The normalized spacial score (nSPS) is 22.1. The third-order valence-electron chi connectivity index (χ3n) is 3.55. The van der Waals surface area contributed by atoms with Crippen molar-refractivity contribution in [3.05, 3.63) is 35.4 Å². The molecular formula is C14H21N3O2. The van der Waals surface area contributed by atoms with Crippen LogP contribution in [0.2, 0.25) is 0 Å². The zero-order valence-electron chi connectivity index (χ0n) is 11.2. The first kappa shape index (κ1) is 14.0. The molecule has 2 atom stereocenters. The van der Waals surface area contributed by atoms with Crippen LogP contribution in [0.15, 0.2) is 24.3 Å². The number of aryl methyl sites for hydroxylation is 1. The summed E-state index contributed by atoms with van der Waals surface area (Å²) in [5, 5.41) is 0. The highest BCUT2D eigenvalue weighted by atomic mass is 16.5. The number of primary amides is 1. The Bertz CT molecular complexity index is 450. The third kappa shape index (κ3) is 3.12. The summed E-state index contributed by atoms with van der Waals surface area (Å²) in [6, 6.07) is 7.79. The van der Waals surface area contributed by atoms with Crippen LogP contribution in [0, 0.1) is 6.92 Å². The van der Waals surface area contributed by atoms with Gasteiger partial charge in [0.2, 0.25) is 5.91 Å². The van der Waals surface area contributed by atoms with E-state index in [0.717, 1.165) is 5.56 Å². The van der Waals surface area contributed by atoms with Crippen molar-refractivity contribution in [3.63, 3.8) is 0 Å². The Labute approximate surface area is 113 Å². The Balaban J connectivity index is 2.26. The van der Waals surface area contributed by atoms with Gasteiger partial charge < -0.3 is 16.2 Å². The molecule has 19 heavy (non-hydrogen) atoms. The maximum Gasteiger partial charge on any atom is 0.237 e. The van der Waals surface area contributed by atoms with Gasteiger partial charge in [-0.15, -0.1) is 0 Å². The quantitative estimate of drug-likeness (QED) is 0.812. The molecule has 1 aromatic carbocycles. The van der Waals surface area contributed by atoms with Crippen molar-refractivity contribution in [1.29, 1.82) is 0 Å². The number of carbonyl (C=O) groups excluding carboxylic acids is 1. The van der Waals surface area contributed by atoms with Crippen LogP contribution in [-0.2, 0) is 9.53 Å². The van der Waals surface area contributed by atoms with Crippen LogP contribution in [0.5, 0.6) is 0 Å². The van der Waals surface area contributed by atoms with E-state index in [1.807, 2.05) is 25.1 Å². The number of nitrogens with two attached hydrogens (primary N) is 2. The Morgan fingerprint density at radius 1 is 1.58 bits per heavy atom. The summed E-state index contributed by atoms with van der Waals surface area (Å²) in [4.78, 5) is 13.6. The molecule has 0 aliphatic carbocycles. The van der Waals surface area contributed by atoms with Crippen molar-refractivity contribution >= 4 is 5.91 Å². The van der Waals surface area contributed by atoms with E-state index in [1.165, 1.54) is 5.56 Å². The molecule has 1 amide bonds. The number of rotatable bonds is 4. The molecule has 5 nitrogen and oxygen atoms in total. The van der Waals surface area contributed by atoms with Crippen LogP contribution in [-0.4, -0.2) is 43.2 Å². The Kier molecular flexibility index (Phi) is 4.52. The van der Waals surface area contributed by atoms with Gasteiger partial charge in [-0.05, 0) is 12.5 Å². The number of amides is 1. The van der Waals surface area contributed by atoms with Crippen LogP contribution in [0.3, 0.4) is 0 Å². The van der Waals surface area contributed by atoms with Gasteiger partial charge in [-0.1, -0.05) is 29.8 Å². The molecule has 1 aromatic rings. The lowest BCUT2D eigenvalue weighted by Gasteiger charge is -2.39. The summed E-state index contributed by atoms with van der Waals surface area (Å²) in [6.45, 7) is 4.11. The minimum atomic E-state index is -0.400. The van der Waals surface area contributed by atoms with Crippen LogP contribution in [0.25, 0.3) is 0 Å². The summed E-state index contributed by atoms with van der Waals surface area (Å²) in [6.07, 6.45) is 0. The Hall–Kier alpha value is -1.43. The van der Waals surface area contributed by atoms with Gasteiger partial charge in [0.15, 0.2) is 0 Å². The number of hydrogen-bond acceptors (Lipinski definition) is 4. The molecule has 0 saturated carbocycles. The number of nitrogens with zero attached hydrogens (tertiary/aromatic N) is 1. The summed E-state index contributed by atoms with van der Waals surface area (Å²) in [7, 11) is 0. The van der Waals surface area contributed by atoms with E-state index in [0.29, 0.717) is 26.3 Å². The van der Waals surface area contributed by atoms with E-state index < -0.39 is 6.04 Å². The minimum Gasteiger partial charge on any atom is -0.378 e. The van der Waals surface area contributed by atoms with Gasteiger partial charge in [0.1, 0.15) is 6.04 Å². The molecule has 1 fully saturated rings. The number of carbonyl (C=O) groups is 1. The van der Waals surface area contributed by atoms with E-state index in [9.17, 15) is 4.79 Å². The summed E-state index contributed by atoms with van der Waals surface area (Å²) in [5.41, 5.74) is 13.7. The van der Waals surface area contributed by atoms with Gasteiger partial charge in [0.05, 0.1) is 13.2 Å². The van der Waals surface area contributed by atoms with Gasteiger partial charge in [0, 0.05) is 19.1 Å². The lowest BCUT2D eigenvalue weighted by atomic mass is 10.0. The van der Waals surface area contributed by atoms with Crippen LogP contribution in [0.1, 0.15) is 17.2 Å². The fraction of sp³-hybridized carbons (Fsp3) is 0.500. The van der Waals surface area contributed by atoms with E-state index in [4.69, 9.17) is 16.2 Å². The molecule has 1 aliphatic rings. The first-order valence-corrected chi connectivity index (χ1v) is 6.53. The molecule has 0 aromatic heterocycles. The summed E-state index contributed by atoms with van der Waals surface area (Å²) >= 11 is 0. The molecule has 2 unspecified atom stereocenters. The zero-order valence-corrected chi connectivity index (χ0v) is 11.2. The summed E-state index contributed by atoms with van der Waals surface area (Å²) < 4.78 is 5.34. The van der Waals surface area contributed by atoms with Crippen LogP contribution < -0.4 is 11.5 Å². The van der Waals surface area contributed by atoms with Crippen molar-refractivity contribution in [3.8, 4) is 0 Å². The molecule has 1 heterocycles. The van der Waals surface area contributed by atoms with Crippen LogP contribution in [0.4, 0.5) is 0 Å². The molecule has 0 spiro atoms. The van der Waals surface area contributed by atoms with Crippen molar-refractivity contribution in [2.24, 2.45) is 11.5 Å². The molecule has 5 heteroatoms. The number of morpholine rings is 1. The maximum atomic E-state index is 11.5. The second-order valence-electron chi connectivity index (χ2n) is 4.90. The molecule has 4 N–H and O–H groups in total. The van der Waals surface area contributed by atoms with E-state index in [2.05, 4.69) is 11.0 Å². The highest BCUT2D eigenvalue weighted by Crippen LogP contribution is 2.24. The second-order valence-corrected chi connectivity index (χ2v) is 4.90. The largest absolute Gasteiger partial charge is 0.378 e. The smallest absolute Gasteiger partial charge is 0.237 e. The maximum absolute atomic E-state index is 11.5. The highest BCUT2D eigenvalue weighted by Gasteiger charge is 2.33. The molecule has 0 bridgehead atoms. The standard InChI is InChI=1S/C14H21N3O2/c1-10-3-2-4-11(7-10)12(8-15)17-5-6-19-9-13(17)14(16)18/h2-4,7,12-13H,5-6,8-9,15H2,1H3,(H2,16,18). The monoisotopic (exact) mass is 263 g/mol. The molecule has 0 radical (unpaired) electrons. The van der Waals surface area contributed by atoms with Gasteiger partial charge in [-0.3, -0.25) is 9.69 Å². The van der Waals surface area contributed by atoms with E-state index in [1.54, 1.807) is 0 Å². The average molecular weight is 263 g/mol. The lowest BCUT2D eigenvalue weighted by molar-refractivity contribution is -0.131. The second kappa shape index (κ2) is 6.14. The van der Waals surface area contributed by atoms with Gasteiger partial charge in [0.25, 0.3) is 0 Å². The first-order valence-electron chi connectivity index (χ1n) is 6.53. The van der Waals surface area contributed by atoms with Crippen molar-refractivity contribution in [1.82, 2.24) is 4.90 Å². The molecule has 1 saturated heterocycles. The first-order chi connectivity index (χ1) is 9.13. The third-order valence-corrected chi connectivity index (χ3v) is 3.55. The Morgan fingerprint density at radius 2 is 2.37 bits per heavy atom. The van der Waals surface area contributed by atoms with Gasteiger partial charge in [-0.2, -0.15) is 0 Å². The number of ether oxygens (including phenoxy) is 1. The predicted octanol–water partition coefficient (Wildman–Crippen LogP) is 0.181. The van der Waals surface area contributed by atoms with E-state index >= 15 is 0 Å². The predicted molar refractivity (Wildman–Crippen MR) is 73.5 cm³/mol. The molecule has 1 aliphatic heterocycles. The van der Waals surface area contributed by atoms with Crippen molar-refractivity contribution in [2.75, 3.05) is 26.3 Å². The Morgan fingerprint density at radius 3 is 3.00 bits per heavy atom. The van der Waals surface area contributed by atoms with Gasteiger partial charge >= 0.3 is 0 Å². The van der Waals surface area contributed by atoms with Gasteiger partial charge in [-0.25, -0.2) is 0 Å². The fourth-order valence-electron chi connectivity index (χ4n) is 2.58. The molecule has 2 rings (SSSR count). The van der Waals surface area contributed by atoms with E-state index in [-0.39, 0.29) is 11.9 Å². The highest BCUT2D eigenvalue weighted by molar-refractivity contribution is 5.80. The SMILES string of the molecule is Cc1cccc(C(CN)N2CCOCC2C(N)=O)c1. The topological polar surface area (TPSA) is 81.6 Å². The fourth-order valence-corrected chi connectivity index (χ4v) is 2.58. The average Bonchev–Trinajstić information content (AvgIpc) is 2.40. The molecule has 104 valence electrons. The molecular weight excluding hydrogens is 242 g/mol.